The number of nitrogens with zero attached hydrogens (tertiary/aromatic N) is 1. The highest BCUT2D eigenvalue weighted by molar-refractivity contribution is 5.96. The Labute approximate surface area is 185 Å². The lowest BCUT2D eigenvalue weighted by atomic mass is 10.1. The summed E-state index contributed by atoms with van der Waals surface area (Å²) in [6.07, 6.45) is 0. The summed E-state index contributed by atoms with van der Waals surface area (Å²) in [6.45, 7) is 11.8. The highest BCUT2D eigenvalue weighted by Gasteiger charge is 2.10. The Bertz CT molecular complexity index is 850. The van der Waals surface area contributed by atoms with Gasteiger partial charge in [-0.15, -0.1) is 0 Å². The van der Waals surface area contributed by atoms with Crippen molar-refractivity contribution in [2.24, 2.45) is 0 Å². The zero-order valence-corrected chi connectivity index (χ0v) is 18.9. The Morgan fingerprint density at radius 2 is 1.77 bits per heavy atom. The van der Waals surface area contributed by atoms with Gasteiger partial charge in [-0.3, -0.25) is 4.79 Å². The first kappa shape index (κ1) is 24.2. The minimum Gasteiger partial charge on any atom is -0.492 e. The minimum absolute atomic E-state index is 0.0285. The van der Waals surface area contributed by atoms with Crippen LogP contribution in [0, 0.1) is 0 Å². The van der Waals surface area contributed by atoms with E-state index in [4.69, 9.17) is 4.74 Å². The van der Waals surface area contributed by atoms with E-state index in [-0.39, 0.29) is 18.0 Å². The summed E-state index contributed by atoms with van der Waals surface area (Å²) in [4.78, 5) is 26.8. The Morgan fingerprint density at radius 3 is 2.48 bits per heavy atom. The van der Waals surface area contributed by atoms with Crippen LogP contribution in [0.3, 0.4) is 0 Å². The summed E-state index contributed by atoms with van der Waals surface area (Å²) in [5, 5.41) is 8.43. The molecule has 0 saturated carbocycles. The second-order valence-electron chi connectivity index (χ2n) is 7.50. The van der Waals surface area contributed by atoms with Crippen LogP contribution in [0.5, 0.6) is 5.75 Å². The number of para-hydroxylation sites is 1. The van der Waals surface area contributed by atoms with Crippen molar-refractivity contribution in [3.8, 4) is 5.75 Å². The van der Waals surface area contributed by atoms with Crippen LogP contribution in [0.2, 0.25) is 0 Å². The van der Waals surface area contributed by atoms with Gasteiger partial charge in [-0.05, 0) is 51.2 Å². The molecule has 0 saturated heterocycles. The third-order valence-corrected chi connectivity index (χ3v) is 4.77. The molecule has 0 unspecified atom stereocenters. The number of anilines is 1. The first-order valence-corrected chi connectivity index (χ1v) is 10.8. The first-order valence-electron chi connectivity index (χ1n) is 10.8. The Morgan fingerprint density at radius 1 is 1.03 bits per heavy atom. The van der Waals surface area contributed by atoms with Gasteiger partial charge in [0, 0.05) is 35.9 Å². The van der Waals surface area contributed by atoms with Crippen LogP contribution in [0.15, 0.2) is 48.5 Å². The molecule has 7 heteroatoms. The van der Waals surface area contributed by atoms with Gasteiger partial charge in [-0.2, -0.15) is 0 Å². The lowest BCUT2D eigenvalue weighted by Crippen LogP contribution is -2.34. The highest BCUT2D eigenvalue weighted by atomic mass is 16.5. The molecule has 2 aromatic rings. The maximum atomic E-state index is 12.6. The molecule has 2 rings (SSSR count). The Balaban J connectivity index is 1.94. The lowest BCUT2D eigenvalue weighted by Gasteiger charge is -2.19. The molecule has 0 aliphatic rings. The van der Waals surface area contributed by atoms with Crippen LogP contribution in [0.4, 0.5) is 10.5 Å². The van der Waals surface area contributed by atoms with Gasteiger partial charge >= 0.3 is 6.03 Å². The molecule has 0 fully saturated rings. The van der Waals surface area contributed by atoms with Crippen molar-refractivity contribution in [1.82, 2.24) is 15.5 Å². The average molecular weight is 427 g/mol. The lowest BCUT2D eigenvalue weighted by molar-refractivity contribution is 0.0950. The molecule has 0 radical (unpaired) electrons. The summed E-state index contributed by atoms with van der Waals surface area (Å²) in [6, 6.07) is 14.3. The molecule has 7 nitrogen and oxygen atoms in total. The van der Waals surface area contributed by atoms with E-state index in [9.17, 15) is 9.59 Å². The van der Waals surface area contributed by atoms with E-state index < -0.39 is 0 Å². The van der Waals surface area contributed by atoms with Gasteiger partial charge in [-0.1, -0.05) is 38.1 Å². The molecule has 0 aromatic heterocycles. The standard InChI is InChI=1S/C24H34N4O3/c1-5-28(6-2)14-15-31-22-13-8-7-10-20(22)17-25-23(29)19-11-9-12-21(16-19)27-24(30)26-18(3)4/h7-13,16,18H,5-6,14-15,17H2,1-4H3,(H,25,29)(H2,26,27,30). The number of nitrogens with one attached hydrogen (secondary N) is 3. The maximum Gasteiger partial charge on any atom is 0.319 e. The summed E-state index contributed by atoms with van der Waals surface area (Å²) < 4.78 is 5.96. The summed E-state index contributed by atoms with van der Waals surface area (Å²) in [5.41, 5.74) is 1.95. The number of urea groups is 1. The molecule has 3 amide bonds. The van der Waals surface area contributed by atoms with Crippen molar-refractivity contribution in [1.29, 1.82) is 0 Å². The fraction of sp³-hybridized carbons (Fsp3) is 0.417. The van der Waals surface area contributed by atoms with Crippen LogP contribution >= 0.6 is 0 Å². The fourth-order valence-electron chi connectivity index (χ4n) is 3.06. The molecule has 0 aliphatic carbocycles. The van der Waals surface area contributed by atoms with Gasteiger partial charge in [0.05, 0.1) is 0 Å². The van der Waals surface area contributed by atoms with Crippen molar-refractivity contribution in [2.45, 2.75) is 40.3 Å². The molecule has 0 atom stereocenters. The number of hydrogen-bond donors (Lipinski definition) is 3. The second kappa shape index (κ2) is 12.6. The van der Waals surface area contributed by atoms with Gasteiger partial charge in [0.25, 0.3) is 5.91 Å². The van der Waals surface area contributed by atoms with Crippen LogP contribution < -0.4 is 20.7 Å². The molecule has 31 heavy (non-hydrogen) atoms. The van der Waals surface area contributed by atoms with E-state index in [1.54, 1.807) is 24.3 Å². The highest BCUT2D eigenvalue weighted by Crippen LogP contribution is 2.18. The maximum absolute atomic E-state index is 12.6. The smallest absolute Gasteiger partial charge is 0.319 e. The number of hydrogen-bond acceptors (Lipinski definition) is 4. The predicted molar refractivity (Wildman–Crippen MR) is 125 cm³/mol. The van der Waals surface area contributed by atoms with E-state index >= 15 is 0 Å². The van der Waals surface area contributed by atoms with E-state index in [0.29, 0.717) is 24.4 Å². The molecule has 0 bridgehead atoms. The molecule has 0 aliphatic heterocycles. The van der Waals surface area contributed by atoms with Crippen molar-refractivity contribution in [3.05, 3.63) is 59.7 Å². The van der Waals surface area contributed by atoms with Crippen molar-refractivity contribution >= 4 is 17.6 Å². The SMILES string of the molecule is CCN(CC)CCOc1ccccc1CNC(=O)c1cccc(NC(=O)NC(C)C)c1. The van der Waals surface area contributed by atoms with Gasteiger partial charge in [-0.25, -0.2) is 4.79 Å². The summed E-state index contributed by atoms with van der Waals surface area (Å²) in [7, 11) is 0. The topological polar surface area (TPSA) is 82.7 Å². The monoisotopic (exact) mass is 426 g/mol. The van der Waals surface area contributed by atoms with E-state index in [2.05, 4.69) is 34.7 Å². The molecule has 0 spiro atoms. The number of likely N-dealkylation sites (N-methyl/N-ethyl adjacent to an activating group) is 1. The predicted octanol–water partition coefficient (Wildman–Crippen LogP) is 3.87. The van der Waals surface area contributed by atoms with Crippen molar-refractivity contribution in [3.63, 3.8) is 0 Å². The summed E-state index contributed by atoms with van der Waals surface area (Å²) >= 11 is 0. The van der Waals surface area contributed by atoms with E-state index in [0.717, 1.165) is 30.9 Å². The zero-order chi connectivity index (χ0) is 22.6. The zero-order valence-electron chi connectivity index (χ0n) is 18.9. The van der Waals surface area contributed by atoms with E-state index in [1.807, 2.05) is 38.1 Å². The number of carbonyl (C=O) groups is 2. The number of amides is 3. The number of benzene rings is 2. The Kier molecular flexibility index (Phi) is 9.84. The fourth-order valence-corrected chi connectivity index (χ4v) is 3.06. The molecule has 168 valence electrons. The Hall–Kier alpha value is -3.06. The molecular weight excluding hydrogens is 392 g/mol. The van der Waals surface area contributed by atoms with E-state index in [1.165, 1.54) is 0 Å². The average Bonchev–Trinajstić information content (AvgIpc) is 2.75. The van der Waals surface area contributed by atoms with Crippen LogP contribution in [-0.2, 0) is 6.54 Å². The third-order valence-electron chi connectivity index (χ3n) is 4.77. The molecule has 2 aromatic carbocycles. The molecule has 0 heterocycles. The van der Waals surface area contributed by atoms with Crippen molar-refractivity contribution in [2.75, 3.05) is 31.6 Å². The van der Waals surface area contributed by atoms with Crippen LogP contribution in [-0.4, -0.2) is 49.1 Å². The first-order chi connectivity index (χ1) is 14.9. The normalized spacial score (nSPS) is 10.8. The van der Waals surface area contributed by atoms with Gasteiger partial charge in [0.2, 0.25) is 0 Å². The minimum atomic E-state index is -0.302. The van der Waals surface area contributed by atoms with Crippen molar-refractivity contribution < 1.29 is 14.3 Å². The molecular formula is C24H34N4O3. The van der Waals surface area contributed by atoms with Gasteiger partial charge < -0.3 is 25.6 Å². The van der Waals surface area contributed by atoms with Gasteiger partial charge in [0.1, 0.15) is 12.4 Å². The van der Waals surface area contributed by atoms with Crippen LogP contribution in [0.25, 0.3) is 0 Å². The second-order valence-corrected chi connectivity index (χ2v) is 7.50. The van der Waals surface area contributed by atoms with Gasteiger partial charge in [0.15, 0.2) is 0 Å². The number of ether oxygens (including phenoxy) is 1. The third kappa shape index (κ3) is 8.30. The quantitative estimate of drug-likeness (QED) is 0.509. The molecule has 3 N–H and O–H groups in total. The number of carbonyl (C=O) groups excluding carboxylic acids is 2. The number of rotatable bonds is 11. The van der Waals surface area contributed by atoms with Crippen LogP contribution in [0.1, 0.15) is 43.6 Å². The summed E-state index contributed by atoms with van der Waals surface area (Å²) in [5.74, 6) is 0.557. The largest absolute Gasteiger partial charge is 0.492 e.